The van der Waals surface area contributed by atoms with Crippen molar-refractivity contribution in [1.29, 1.82) is 0 Å². The van der Waals surface area contributed by atoms with Gasteiger partial charge in [-0.3, -0.25) is 4.79 Å². The number of hydrogen-bond acceptors (Lipinski definition) is 20. The van der Waals surface area contributed by atoms with Gasteiger partial charge in [0.05, 0.1) is 18.8 Å². The molecular formula is C33H40O20. The summed E-state index contributed by atoms with van der Waals surface area (Å²) in [7, 11) is 0. The highest BCUT2D eigenvalue weighted by Crippen LogP contribution is 2.40. The first-order chi connectivity index (χ1) is 25.0. The first kappa shape index (κ1) is 38.8. The fourth-order valence-corrected chi connectivity index (χ4v) is 6.25. The summed E-state index contributed by atoms with van der Waals surface area (Å²) in [5, 5.41) is 125. The van der Waals surface area contributed by atoms with Crippen LogP contribution in [0.1, 0.15) is 13.8 Å². The smallest absolute Gasteiger partial charge is 0.239 e. The molecule has 1 aromatic heterocycles. The third-order valence-electron chi connectivity index (χ3n) is 9.37. The van der Waals surface area contributed by atoms with E-state index in [1.807, 2.05) is 0 Å². The van der Waals surface area contributed by atoms with Gasteiger partial charge in [0.1, 0.15) is 77.4 Å². The largest absolute Gasteiger partial charge is 0.508 e. The molecule has 3 fully saturated rings. The van der Waals surface area contributed by atoms with Crippen LogP contribution in [0.5, 0.6) is 28.7 Å². The molecule has 3 saturated heterocycles. The van der Waals surface area contributed by atoms with Crippen molar-refractivity contribution in [1.82, 2.24) is 0 Å². The highest BCUT2D eigenvalue weighted by Gasteiger charge is 2.52. The van der Waals surface area contributed by atoms with Crippen molar-refractivity contribution in [3.8, 4) is 40.1 Å². The SMILES string of the molecule is C[C@@H]1O[C@@H](OC[C@H]2O[C@@H](Oc3c(-c4ccc(O)c(O)c4)oc4cc(O)cc(O)c4c3=O)[C@H](O[C@@H]3O[C@@H](C)[C@H](O)[C@@H](O)[C@H]3O)[C@@H](O)[C@@H]2O)[C@H](O)[C@H](O)[C@H]1O. The zero-order valence-electron chi connectivity index (χ0n) is 27.9. The van der Waals surface area contributed by atoms with E-state index in [4.69, 9.17) is 32.8 Å². The summed E-state index contributed by atoms with van der Waals surface area (Å²) in [6.07, 6.45) is -25.1. The van der Waals surface area contributed by atoms with Gasteiger partial charge >= 0.3 is 0 Å². The number of phenolic OH excluding ortho intramolecular Hbond substituents is 4. The molecule has 12 N–H and O–H groups in total. The zero-order valence-corrected chi connectivity index (χ0v) is 27.9. The van der Waals surface area contributed by atoms with E-state index in [-0.39, 0.29) is 11.1 Å². The van der Waals surface area contributed by atoms with Crippen LogP contribution >= 0.6 is 0 Å². The minimum absolute atomic E-state index is 0.0962. The maximum Gasteiger partial charge on any atom is 0.239 e. The lowest BCUT2D eigenvalue weighted by Gasteiger charge is -2.46. The highest BCUT2D eigenvalue weighted by molar-refractivity contribution is 5.88. The van der Waals surface area contributed by atoms with Gasteiger partial charge in [-0.15, -0.1) is 0 Å². The van der Waals surface area contributed by atoms with E-state index in [0.717, 1.165) is 24.3 Å². The van der Waals surface area contributed by atoms with Gasteiger partial charge in [0.25, 0.3) is 0 Å². The molecule has 20 nitrogen and oxygen atoms in total. The van der Waals surface area contributed by atoms with Crippen molar-refractivity contribution in [2.45, 2.75) is 106 Å². The van der Waals surface area contributed by atoms with Gasteiger partial charge in [0.2, 0.25) is 17.5 Å². The molecule has 0 aliphatic carbocycles. The molecule has 2 aromatic carbocycles. The summed E-state index contributed by atoms with van der Waals surface area (Å²) in [4.78, 5) is 14.0. The average Bonchev–Trinajstić information content (AvgIpc) is 3.11. The molecule has 15 atom stereocenters. The van der Waals surface area contributed by atoms with Crippen molar-refractivity contribution in [3.63, 3.8) is 0 Å². The quantitative estimate of drug-likeness (QED) is 0.103. The first-order valence-corrected chi connectivity index (χ1v) is 16.4. The number of aliphatic hydroxyl groups excluding tert-OH is 8. The van der Waals surface area contributed by atoms with Crippen LogP contribution in [0.2, 0.25) is 0 Å². The molecule has 0 radical (unpaired) electrons. The molecule has 4 heterocycles. The molecule has 0 spiro atoms. The number of benzene rings is 2. The summed E-state index contributed by atoms with van der Waals surface area (Å²) in [6, 6.07) is 5.09. The Morgan fingerprint density at radius 3 is 1.91 bits per heavy atom. The second-order valence-electron chi connectivity index (χ2n) is 13.1. The van der Waals surface area contributed by atoms with Gasteiger partial charge in [-0.1, -0.05) is 0 Å². The Bertz CT molecular complexity index is 1830. The monoisotopic (exact) mass is 756 g/mol. The molecule has 6 rings (SSSR count). The number of hydrogen-bond donors (Lipinski definition) is 12. The molecule has 0 unspecified atom stereocenters. The van der Waals surface area contributed by atoms with E-state index < -0.39 is 144 Å². The van der Waals surface area contributed by atoms with Crippen LogP contribution < -0.4 is 10.2 Å². The summed E-state index contributed by atoms with van der Waals surface area (Å²) in [5.74, 6) is -3.68. The maximum absolute atomic E-state index is 14.0. The topological polar surface area (TPSA) is 328 Å². The second-order valence-corrected chi connectivity index (χ2v) is 13.1. The van der Waals surface area contributed by atoms with Crippen molar-refractivity contribution >= 4 is 11.0 Å². The lowest BCUT2D eigenvalue weighted by molar-refractivity contribution is -0.360. The van der Waals surface area contributed by atoms with Crippen LogP contribution in [0.3, 0.4) is 0 Å². The lowest BCUT2D eigenvalue weighted by atomic mass is 9.97. The van der Waals surface area contributed by atoms with Crippen LogP contribution in [0.25, 0.3) is 22.3 Å². The third-order valence-corrected chi connectivity index (χ3v) is 9.37. The van der Waals surface area contributed by atoms with Crippen LogP contribution in [0, 0.1) is 0 Å². The third kappa shape index (κ3) is 7.34. The van der Waals surface area contributed by atoms with E-state index >= 15 is 0 Å². The Morgan fingerprint density at radius 1 is 0.642 bits per heavy atom. The van der Waals surface area contributed by atoms with Crippen molar-refractivity contribution in [3.05, 3.63) is 40.6 Å². The Balaban J connectivity index is 1.40. The molecule has 0 amide bonds. The predicted molar refractivity (Wildman–Crippen MR) is 171 cm³/mol. The van der Waals surface area contributed by atoms with Gasteiger partial charge < -0.3 is 94.1 Å². The lowest BCUT2D eigenvalue weighted by Crippen LogP contribution is -2.65. The zero-order chi connectivity index (χ0) is 38.6. The van der Waals surface area contributed by atoms with Gasteiger partial charge in [-0.25, -0.2) is 0 Å². The molecule has 292 valence electrons. The van der Waals surface area contributed by atoms with Gasteiger partial charge in [0.15, 0.2) is 35.9 Å². The summed E-state index contributed by atoms with van der Waals surface area (Å²) in [6.45, 7) is 2.05. The molecular weight excluding hydrogens is 716 g/mol. The number of rotatable bonds is 8. The summed E-state index contributed by atoms with van der Waals surface area (Å²) < 4.78 is 40.1. The van der Waals surface area contributed by atoms with Crippen LogP contribution in [-0.2, 0) is 23.7 Å². The fourth-order valence-electron chi connectivity index (χ4n) is 6.25. The molecule has 3 aliphatic rings. The number of ether oxygens (including phenoxy) is 6. The van der Waals surface area contributed by atoms with E-state index in [2.05, 4.69) is 0 Å². The second kappa shape index (κ2) is 15.1. The number of aliphatic hydroxyl groups is 8. The molecule has 3 aliphatic heterocycles. The van der Waals surface area contributed by atoms with Crippen LogP contribution in [-0.4, -0.2) is 160 Å². The first-order valence-electron chi connectivity index (χ1n) is 16.4. The Hall–Kier alpha value is -3.87. The average molecular weight is 757 g/mol. The summed E-state index contributed by atoms with van der Waals surface area (Å²) >= 11 is 0. The van der Waals surface area contributed by atoms with E-state index in [0.29, 0.717) is 0 Å². The van der Waals surface area contributed by atoms with Crippen LogP contribution in [0.4, 0.5) is 0 Å². The standard InChI is InChI=1S/C33H40O20/c1-9-19(38)23(42)26(45)31(48-9)47-8-17-21(40)25(44)30(53-32-27(46)24(43)20(39)10(2)49-32)33(51-17)52-29-22(41)18-15(37)6-12(34)7-16(18)50-28(29)11-3-4-13(35)14(36)5-11/h3-7,9-10,17,19-21,23-27,30-40,42-46H,8H2,1-2H3/t9-,10-,17+,19-,20-,21+,23+,24+,25-,26+,27+,30+,31+,32-,33-/m0/s1. The Kier molecular flexibility index (Phi) is 11.1. The van der Waals surface area contributed by atoms with E-state index in [9.17, 15) is 66.1 Å². The highest BCUT2D eigenvalue weighted by atomic mass is 16.8. The summed E-state index contributed by atoms with van der Waals surface area (Å²) in [5.41, 5.74) is -1.54. The Labute approximate surface area is 298 Å². The van der Waals surface area contributed by atoms with E-state index in [1.165, 1.54) is 19.9 Å². The molecule has 0 bridgehead atoms. The molecule has 20 heteroatoms. The minimum atomic E-state index is -2.04. The normalized spacial score (nSPS) is 37.8. The van der Waals surface area contributed by atoms with Crippen molar-refractivity contribution < 1.29 is 94.1 Å². The number of fused-ring (bicyclic) bond motifs is 1. The number of phenols is 4. The molecule has 3 aromatic rings. The molecule has 0 saturated carbocycles. The minimum Gasteiger partial charge on any atom is -0.508 e. The predicted octanol–water partition coefficient (Wildman–Crippen LogP) is -2.84. The van der Waals surface area contributed by atoms with Crippen molar-refractivity contribution in [2.75, 3.05) is 6.61 Å². The van der Waals surface area contributed by atoms with E-state index in [1.54, 1.807) is 0 Å². The van der Waals surface area contributed by atoms with Gasteiger partial charge in [-0.05, 0) is 32.0 Å². The number of aromatic hydroxyl groups is 4. The maximum atomic E-state index is 14.0. The van der Waals surface area contributed by atoms with Crippen LogP contribution in [0.15, 0.2) is 39.5 Å². The fraction of sp³-hybridized carbons (Fsp3) is 0.545. The van der Waals surface area contributed by atoms with Crippen molar-refractivity contribution in [2.24, 2.45) is 0 Å². The molecule has 53 heavy (non-hydrogen) atoms. The van der Waals surface area contributed by atoms with Gasteiger partial charge in [-0.2, -0.15) is 0 Å². The van der Waals surface area contributed by atoms with Gasteiger partial charge in [0, 0.05) is 17.7 Å². The Morgan fingerprint density at radius 2 is 1.26 bits per heavy atom.